The lowest BCUT2D eigenvalue weighted by molar-refractivity contribution is -0.118. The zero-order valence-corrected chi connectivity index (χ0v) is 18.1. The van der Waals surface area contributed by atoms with Gasteiger partial charge in [0.2, 0.25) is 0 Å². The summed E-state index contributed by atoms with van der Waals surface area (Å²) in [6, 6.07) is 6.11. The van der Waals surface area contributed by atoms with E-state index in [1.807, 2.05) is 0 Å². The van der Waals surface area contributed by atoms with Gasteiger partial charge in [-0.2, -0.15) is 8.78 Å². The number of rotatable bonds is 8. The van der Waals surface area contributed by atoms with Crippen LogP contribution in [0.5, 0.6) is 11.5 Å². The van der Waals surface area contributed by atoms with Crippen LogP contribution in [0.2, 0.25) is 0 Å². The van der Waals surface area contributed by atoms with E-state index in [4.69, 9.17) is 14.9 Å². The molecule has 3 N–H and O–H groups in total. The molecule has 2 aromatic carbocycles. The predicted molar refractivity (Wildman–Crippen MR) is 118 cm³/mol. The molecule has 0 atom stereocenters. The first kappa shape index (κ1) is 24.0. The molecule has 2 amide bonds. The van der Waals surface area contributed by atoms with Crippen LogP contribution in [0, 0.1) is 23.0 Å². The van der Waals surface area contributed by atoms with Gasteiger partial charge in [-0.25, -0.2) is 8.78 Å². The van der Waals surface area contributed by atoms with Crippen molar-refractivity contribution in [2.24, 2.45) is 5.92 Å². The number of hydrogen-bond donors (Lipinski definition) is 3. The molecule has 0 spiro atoms. The summed E-state index contributed by atoms with van der Waals surface area (Å²) in [4.78, 5) is 25.5. The molecule has 0 bridgehead atoms. The van der Waals surface area contributed by atoms with Gasteiger partial charge >= 0.3 is 6.55 Å². The first-order chi connectivity index (χ1) is 16.7. The molecule has 0 unspecified atom stereocenters. The molecule has 2 aliphatic heterocycles. The van der Waals surface area contributed by atoms with Crippen LogP contribution in [0.4, 0.5) is 23.2 Å². The Labute approximate surface area is 197 Å². The van der Waals surface area contributed by atoms with Crippen molar-refractivity contribution in [2.45, 2.75) is 6.55 Å². The van der Waals surface area contributed by atoms with Gasteiger partial charge in [0, 0.05) is 43.1 Å². The molecular formula is C23H20F4N4O4. The van der Waals surface area contributed by atoms with Crippen LogP contribution in [-0.2, 0) is 4.79 Å². The van der Waals surface area contributed by atoms with Gasteiger partial charge in [0.05, 0.1) is 17.9 Å². The lowest BCUT2D eigenvalue weighted by atomic mass is 9.99. The van der Waals surface area contributed by atoms with Crippen molar-refractivity contribution in [2.75, 3.05) is 31.6 Å². The molecule has 2 aromatic rings. The van der Waals surface area contributed by atoms with Crippen molar-refractivity contribution >= 4 is 29.3 Å². The second-order valence-electron chi connectivity index (χ2n) is 7.91. The third kappa shape index (κ3) is 5.36. The van der Waals surface area contributed by atoms with Crippen molar-refractivity contribution < 1.29 is 36.6 Å². The molecule has 184 valence electrons. The Morgan fingerprint density at radius 2 is 2.03 bits per heavy atom. The standard InChI is InChI=1S/C23H20F4N4O4/c24-16-5-20-18(30-21(32)11-35-20)4-15(16)22(33)31-8-12(9-31)10-34-19-2-1-13(3-17(19)25)14(6-28)7-29-23(26)27/h1-7,12,23,28-29H,8-11H2,(H,30,32)/b14-7+,28-6?. The Kier molecular flexibility index (Phi) is 6.90. The molecule has 4 rings (SSSR count). The van der Waals surface area contributed by atoms with Crippen LogP contribution in [0.15, 0.2) is 36.5 Å². The highest BCUT2D eigenvalue weighted by Gasteiger charge is 2.34. The number of ether oxygens (including phenoxy) is 2. The highest BCUT2D eigenvalue weighted by molar-refractivity contribution is 6.08. The molecule has 2 heterocycles. The summed E-state index contributed by atoms with van der Waals surface area (Å²) in [6.07, 6.45) is 1.73. The minimum Gasteiger partial charge on any atom is -0.490 e. The number of alkyl halides is 2. The molecule has 12 heteroatoms. The third-order valence-corrected chi connectivity index (χ3v) is 5.44. The maximum absolute atomic E-state index is 14.4. The van der Waals surface area contributed by atoms with Gasteiger partial charge < -0.3 is 30.4 Å². The van der Waals surface area contributed by atoms with Crippen LogP contribution in [0.1, 0.15) is 15.9 Å². The average molecular weight is 492 g/mol. The first-order valence-electron chi connectivity index (χ1n) is 10.5. The quantitative estimate of drug-likeness (QED) is 0.298. The Balaban J connectivity index is 1.32. The maximum Gasteiger partial charge on any atom is 0.312 e. The van der Waals surface area contributed by atoms with Gasteiger partial charge in [0.15, 0.2) is 18.2 Å². The van der Waals surface area contributed by atoms with Gasteiger partial charge in [-0.1, -0.05) is 6.07 Å². The Bertz CT molecular complexity index is 1200. The molecule has 0 saturated carbocycles. The summed E-state index contributed by atoms with van der Waals surface area (Å²) in [5.74, 6) is -2.50. The lowest BCUT2D eigenvalue weighted by Gasteiger charge is -2.39. The summed E-state index contributed by atoms with van der Waals surface area (Å²) in [5, 5.41) is 11.6. The van der Waals surface area contributed by atoms with Crippen molar-refractivity contribution in [3.05, 3.63) is 59.3 Å². The average Bonchev–Trinajstić information content (AvgIpc) is 2.79. The highest BCUT2D eigenvalue weighted by atomic mass is 19.3. The predicted octanol–water partition coefficient (Wildman–Crippen LogP) is 3.25. The number of allylic oxidation sites excluding steroid dienone is 1. The van der Waals surface area contributed by atoms with E-state index in [0.717, 1.165) is 24.5 Å². The maximum atomic E-state index is 14.4. The fourth-order valence-corrected chi connectivity index (χ4v) is 3.64. The number of amides is 2. The van der Waals surface area contributed by atoms with E-state index in [0.29, 0.717) is 0 Å². The third-order valence-electron chi connectivity index (χ3n) is 5.44. The number of likely N-dealkylation sites (tertiary alicyclic amines) is 1. The second-order valence-corrected chi connectivity index (χ2v) is 7.91. The second kappa shape index (κ2) is 10.0. The zero-order chi connectivity index (χ0) is 25.1. The van der Waals surface area contributed by atoms with E-state index in [2.05, 4.69) is 5.32 Å². The van der Waals surface area contributed by atoms with Crippen LogP contribution in [-0.4, -0.2) is 55.8 Å². The van der Waals surface area contributed by atoms with Crippen molar-refractivity contribution in [1.29, 1.82) is 5.41 Å². The summed E-state index contributed by atoms with van der Waals surface area (Å²) < 4.78 is 64.0. The first-order valence-corrected chi connectivity index (χ1v) is 10.5. The van der Waals surface area contributed by atoms with Crippen LogP contribution in [0.25, 0.3) is 5.57 Å². The van der Waals surface area contributed by atoms with Crippen molar-refractivity contribution in [1.82, 2.24) is 10.2 Å². The van der Waals surface area contributed by atoms with E-state index in [-0.39, 0.29) is 66.1 Å². The molecular weight excluding hydrogens is 472 g/mol. The SMILES string of the molecule is N=C/C(=C\NC(F)F)c1ccc(OCC2CN(C(=O)c3cc4c(cc3F)OCC(=O)N4)C2)c(F)c1. The van der Waals surface area contributed by atoms with Crippen molar-refractivity contribution in [3.63, 3.8) is 0 Å². The number of fused-ring (bicyclic) bond motifs is 1. The van der Waals surface area contributed by atoms with Gasteiger partial charge in [-0.15, -0.1) is 0 Å². The summed E-state index contributed by atoms with van der Waals surface area (Å²) in [6.45, 7) is -2.43. The number of carbonyl (C=O) groups excluding carboxylic acids is 2. The number of anilines is 1. The van der Waals surface area contributed by atoms with E-state index in [9.17, 15) is 27.2 Å². The van der Waals surface area contributed by atoms with Crippen LogP contribution < -0.4 is 20.1 Å². The van der Waals surface area contributed by atoms with E-state index in [1.54, 1.807) is 5.32 Å². The Morgan fingerprint density at radius 1 is 1.26 bits per heavy atom. The number of carbonyl (C=O) groups is 2. The topological polar surface area (TPSA) is 104 Å². The fraction of sp³-hybridized carbons (Fsp3) is 0.261. The van der Waals surface area contributed by atoms with Gasteiger partial charge in [0.1, 0.15) is 11.6 Å². The summed E-state index contributed by atoms with van der Waals surface area (Å²) in [5.41, 5.74) is 0.291. The monoisotopic (exact) mass is 492 g/mol. The minimum absolute atomic E-state index is 0.0597. The van der Waals surface area contributed by atoms with E-state index in [1.165, 1.54) is 23.1 Å². The number of nitrogens with zero attached hydrogens (tertiary/aromatic N) is 1. The smallest absolute Gasteiger partial charge is 0.312 e. The molecule has 2 aliphatic rings. The normalized spacial score (nSPS) is 15.6. The highest BCUT2D eigenvalue weighted by Crippen LogP contribution is 2.32. The van der Waals surface area contributed by atoms with Crippen molar-refractivity contribution in [3.8, 4) is 11.5 Å². The zero-order valence-electron chi connectivity index (χ0n) is 18.1. The molecule has 1 fully saturated rings. The van der Waals surface area contributed by atoms with E-state index < -0.39 is 30.0 Å². The summed E-state index contributed by atoms with van der Waals surface area (Å²) in [7, 11) is 0. The van der Waals surface area contributed by atoms with E-state index >= 15 is 0 Å². The van der Waals surface area contributed by atoms with Gasteiger partial charge in [-0.3, -0.25) is 9.59 Å². The lowest BCUT2D eigenvalue weighted by Crippen LogP contribution is -2.52. The Hall–Kier alpha value is -4.09. The number of hydrogen-bond acceptors (Lipinski definition) is 6. The number of benzene rings is 2. The Morgan fingerprint density at radius 3 is 2.71 bits per heavy atom. The molecule has 0 aromatic heterocycles. The van der Waals surface area contributed by atoms with Gasteiger partial charge in [-0.05, 0) is 23.8 Å². The molecule has 35 heavy (non-hydrogen) atoms. The summed E-state index contributed by atoms with van der Waals surface area (Å²) >= 11 is 0. The van der Waals surface area contributed by atoms with Crippen LogP contribution >= 0.6 is 0 Å². The van der Waals surface area contributed by atoms with Gasteiger partial charge in [0.25, 0.3) is 11.8 Å². The largest absolute Gasteiger partial charge is 0.490 e. The fourth-order valence-electron chi connectivity index (χ4n) is 3.64. The molecule has 0 radical (unpaired) electrons. The number of nitrogens with one attached hydrogen (secondary N) is 3. The molecule has 0 aliphatic carbocycles. The van der Waals surface area contributed by atoms with Crippen LogP contribution in [0.3, 0.4) is 0 Å². The minimum atomic E-state index is -2.81. The number of halogens is 4. The molecule has 8 nitrogen and oxygen atoms in total. The molecule has 1 saturated heterocycles.